The fourth-order valence-corrected chi connectivity index (χ4v) is 2.45. The number of nitrogens with one attached hydrogen (secondary N) is 2. The molecule has 1 aromatic heterocycles. The van der Waals surface area contributed by atoms with E-state index in [0.29, 0.717) is 30.3 Å². The molecule has 2 heterocycles. The van der Waals surface area contributed by atoms with Gasteiger partial charge in [-0.05, 0) is 24.3 Å². The van der Waals surface area contributed by atoms with Crippen LogP contribution < -0.4 is 15.5 Å². The maximum Gasteiger partial charge on any atom is 0.335 e. The van der Waals surface area contributed by atoms with Crippen LogP contribution in [0.3, 0.4) is 0 Å². The fourth-order valence-electron chi connectivity index (χ4n) is 2.45. The topological polar surface area (TPSA) is 117 Å². The van der Waals surface area contributed by atoms with Crippen LogP contribution in [0.15, 0.2) is 30.3 Å². The highest BCUT2D eigenvalue weighted by Crippen LogP contribution is 2.26. The number of hydrogen-bond donors (Lipinski definition) is 3. The van der Waals surface area contributed by atoms with Gasteiger partial charge < -0.3 is 10.4 Å². The quantitative estimate of drug-likeness (QED) is 0.776. The molecular formula is C15H15N5O4. The van der Waals surface area contributed by atoms with Crippen LogP contribution in [-0.2, 0) is 6.54 Å². The largest absolute Gasteiger partial charge is 0.478 e. The van der Waals surface area contributed by atoms with E-state index in [1.165, 1.54) is 36.2 Å². The summed E-state index contributed by atoms with van der Waals surface area (Å²) in [5.41, 5.74) is 0.505. The molecular weight excluding hydrogens is 314 g/mol. The van der Waals surface area contributed by atoms with Gasteiger partial charge >= 0.3 is 12.0 Å². The number of amides is 3. The van der Waals surface area contributed by atoms with Crippen molar-refractivity contribution in [1.82, 2.24) is 15.1 Å². The summed E-state index contributed by atoms with van der Waals surface area (Å²) in [5.74, 6) is -0.368. The van der Waals surface area contributed by atoms with E-state index < -0.39 is 12.0 Å². The van der Waals surface area contributed by atoms with Crippen molar-refractivity contribution >= 4 is 29.5 Å². The van der Waals surface area contributed by atoms with E-state index in [1.807, 2.05) is 0 Å². The van der Waals surface area contributed by atoms with E-state index in [2.05, 4.69) is 15.7 Å². The molecule has 0 atom stereocenters. The molecule has 3 rings (SSSR count). The number of rotatable bonds is 3. The zero-order valence-electron chi connectivity index (χ0n) is 12.8. The highest BCUT2D eigenvalue weighted by Gasteiger charge is 2.28. The van der Waals surface area contributed by atoms with Crippen LogP contribution in [0.2, 0.25) is 0 Å². The molecule has 0 unspecified atom stereocenters. The predicted octanol–water partition coefficient (Wildman–Crippen LogP) is 0.993. The molecule has 3 N–H and O–H groups in total. The first kappa shape index (κ1) is 15.5. The molecule has 0 fully saturated rings. The summed E-state index contributed by atoms with van der Waals surface area (Å²) < 4.78 is 1.63. The zero-order chi connectivity index (χ0) is 17.3. The van der Waals surface area contributed by atoms with Gasteiger partial charge in [-0.3, -0.25) is 15.0 Å². The molecule has 0 saturated carbocycles. The highest BCUT2D eigenvalue weighted by molar-refractivity contribution is 6.06. The lowest BCUT2D eigenvalue weighted by atomic mass is 10.1. The summed E-state index contributed by atoms with van der Waals surface area (Å²) in [4.78, 5) is 36.4. The van der Waals surface area contributed by atoms with Gasteiger partial charge in [0.1, 0.15) is 5.82 Å². The molecule has 24 heavy (non-hydrogen) atoms. The second-order valence-electron chi connectivity index (χ2n) is 5.15. The third-order valence-corrected chi connectivity index (χ3v) is 3.66. The molecule has 9 nitrogen and oxygen atoms in total. The number of nitrogens with zero attached hydrogens (tertiary/aromatic N) is 3. The van der Waals surface area contributed by atoms with Crippen molar-refractivity contribution < 1.29 is 19.5 Å². The number of aromatic carboxylic acids is 1. The van der Waals surface area contributed by atoms with E-state index in [1.54, 1.807) is 10.7 Å². The molecule has 0 saturated heterocycles. The van der Waals surface area contributed by atoms with Crippen LogP contribution in [0.4, 0.5) is 16.4 Å². The molecule has 1 aliphatic heterocycles. The van der Waals surface area contributed by atoms with Crippen molar-refractivity contribution in [2.45, 2.75) is 6.54 Å². The molecule has 0 radical (unpaired) electrons. The Kier molecular flexibility index (Phi) is 3.90. The molecule has 1 aromatic carbocycles. The van der Waals surface area contributed by atoms with E-state index in [9.17, 15) is 14.4 Å². The molecule has 0 bridgehead atoms. The fraction of sp³-hybridized carbons (Fsp3) is 0.200. The number of carbonyl (C=O) groups is 3. The van der Waals surface area contributed by atoms with Gasteiger partial charge in [0, 0.05) is 25.2 Å². The Balaban J connectivity index is 1.81. The molecule has 1 aliphatic rings. The van der Waals surface area contributed by atoms with Gasteiger partial charge in [0.2, 0.25) is 0 Å². The van der Waals surface area contributed by atoms with Crippen molar-refractivity contribution in [3.63, 3.8) is 0 Å². The van der Waals surface area contributed by atoms with Gasteiger partial charge in [-0.2, -0.15) is 5.10 Å². The van der Waals surface area contributed by atoms with Gasteiger partial charge in [-0.1, -0.05) is 0 Å². The minimum absolute atomic E-state index is 0.120. The monoisotopic (exact) mass is 329 g/mol. The Hall–Kier alpha value is -3.36. The van der Waals surface area contributed by atoms with E-state index in [-0.39, 0.29) is 11.5 Å². The summed E-state index contributed by atoms with van der Waals surface area (Å²) in [7, 11) is 1.50. The van der Waals surface area contributed by atoms with Gasteiger partial charge in [-0.25, -0.2) is 14.3 Å². The van der Waals surface area contributed by atoms with Crippen molar-refractivity contribution in [1.29, 1.82) is 0 Å². The van der Waals surface area contributed by atoms with Crippen molar-refractivity contribution in [3.05, 3.63) is 41.5 Å². The number of aromatic nitrogens is 2. The number of urea groups is 1. The molecule has 0 aliphatic carbocycles. The van der Waals surface area contributed by atoms with Crippen molar-refractivity contribution in [2.24, 2.45) is 0 Å². The molecule has 124 valence electrons. The smallest absolute Gasteiger partial charge is 0.335 e. The lowest BCUT2D eigenvalue weighted by molar-refractivity contribution is 0.0696. The zero-order valence-corrected chi connectivity index (χ0v) is 12.8. The minimum Gasteiger partial charge on any atom is -0.478 e. The number of hydrogen-bond acceptors (Lipinski definition) is 4. The van der Waals surface area contributed by atoms with Gasteiger partial charge in [-0.15, -0.1) is 0 Å². The summed E-state index contributed by atoms with van der Waals surface area (Å²) >= 11 is 0. The third kappa shape index (κ3) is 2.78. The van der Waals surface area contributed by atoms with Gasteiger partial charge in [0.05, 0.1) is 12.1 Å². The normalized spacial score (nSPS) is 12.6. The number of carboxylic acids is 1. The summed E-state index contributed by atoms with van der Waals surface area (Å²) in [5, 5.41) is 18.1. The Labute approximate surface area is 136 Å². The van der Waals surface area contributed by atoms with Crippen LogP contribution in [0, 0.1) is 0 Å². The second-order valence-corrected chi connectivity index (χ2v) is 5.15. The van der Waals surface area contributed by atoms with Crippen molar-refractivity contribution in [2.75, 3.05) is 23.8 Å². The lowest BCUT2D eigenvalue weighted by Gasteiger charge is -2.14. The number of carbonyl (C=O) groups excluding carboxylic acids is 2. The number of carboxylic acid groups (broad SMARTS) is 1. The molecule has 3 amide bonds. The SMILES string of the molecule is CNC(=O)Nc1cc2n(n1)CCN2C(=O)c1ccc(C(=O)O)cc1. The number of anilines is 2. The first-order valence-electron chi connectivity index (χ1n) is 7.21. The van der Waals surface area contributed by atoms with Gasteiger partial charge in [0.15, 0.2) is 5.82 Å². The second kappa shape index (κ2) is 6.03. The Bertz CT molecular complexity index is 812. The minimum atomic E-state index is -1.04. The number of fused-ring (bicyclic) bond motifs is 1. The maximum atomic E-state index is 12.6. The summed E-state index contributed by atoms with van der Waals surface area (Å²) in [6.07, 6.45) is 0. The third-order valence-electron chi connectivity index (χ3n) is 3.66. The molecule has 0 spiro atoms. The van der Waals surface area contributed by atoms with E-state index in [0.717, 1.165) is 0 Å². The lowest BCUT2D eigenvalue weighted by Crippen LogP contribution is -2.29. The molecule has 9 heteroatoms. The number of benzene rings is 1. The van der Waals surface area contributed by atoms with Crippen LogP contribution in [0.1, 0.15) is 20.7 Å². The first-order valence-corrected chi connectivity index (χ1v) is 7.21. The average Bonchev–Trinajstić information content (AvgIpc) is 3.14. The van der Waals surface area contributed by atoms with Crippen LogP contribution in [0.5, 0.6) is 0 Å². The first-order chi connectivity index (χ1) is 11.5. The van der Waals surface area contributed by atoms with Gasteiger partial charge in [0.25, 0.3) is 5.91 Å². The van der Waals surface area contributed by atoms with E-state index >= 15 is 0 Å². The van der Waals surface area contributed by atoms with Crippen LogP contribution in [-0.4, -0.2) is 46.4 Å². The van der Waals surface area contributed by atoms with E-state index in [4.69, 9.17) is 5.11 Å². The summed E-state index contributed by atoms with van der Waals surface area (Å²) in [6, 6.07) is 6.96. The van der Waals surface area contributed by atoms with Crippen LogP contribution in [0.25, 0.3) is 0 Å². The standard InChI is InChI=1S/C15H15N5O4/c1-16-15(24)17-11-8-12-19(6-7-20(12)18-11)13(21)9-2-4-10(5-3-9)14(22)23/h2-5,8H,6-7H2,1H3,(H,22,23)(H2,16,17,18,24). The predicted molar refractivity (Wildman–Crippen MR) is 85.4 cm³/mol. The Morgan fingerprint density at radius 2 is 1.79 bits per heavy atom. The van der Waals surface area contributed by atoms with Crippen LogP contribution >= 0.6 is 0 Å². The molecule has 2 aromatic rings. The Morgan fingerprint density at radius 3 is 2.42 bits per heavy atom. The maximum absolute atomic E-state index is 12.6. The highest BCUT2D eigenvalue weighted by atomic mass is 16.4. The van der Waals surface area contributed by atoms with Crippen molar-refractivity contribution in [3.8, 4) is 0 Å². The summed E-state index contributed by atoms with van der Waals surface area (Å²) in [6.45, 7) is 0.978. The average molecular weight is 329 g/mol. The Morgan fingerprint density at radius 1 is 1.12 bits per heavy atom.